The van der Waals surface area contributed by atoms with Gasteiger partial charge in [0.2, 0.25) is 0 Å². The summed E-state index contributed by atoms with van der Waals surface area (Å²) in [6.45, 7) is 0.444. The van der Waals surface area contributed by atoms with Crippen molar-refractivity contribution in [1.82, 2.24) is 5.32 Å². The zero-order valence-electron chi connectivity index (χ0n) is 16.1. The number of phenolic OH excluding ortho intramolecular Hbond substituents is 1. The lowest BCUT2D eigenvalue weighted by Gasteiger charge is -2.19. The number of alkyl halides is 3. The van der Waals surface area contributed by atoms with E-state index in [1.165, 1.54) is 6.07 Å². The van der Waals surface area contributed by atoms with Gasteiger partial charge in [0.15, 0.2) is 0 Å². The van der Waals surface area contributed by atoms with Crippen molar-refractivity contribution in [2.75, 3.05) is 6.54 Å². The van der Waals surface area contributed by atoms with Gasteiger partial charge in [-0.15, -0.1) is 0 Å². The van der Waals surface area contributed by atoms with Crippen LogP contribution < -0.4 is 10.1 Å². The molecule has 4 nitrogen and oxygen atoms in total. The normalized spacial score (nSPS) is 12.5. The number of para-hydroxylation sites is 1. The molecule has 0 saturated heterocycles. The van der Waals surface area contributed by atoms with Crippen LogP contribution in [0.3, 0.4) is 0 Å². The highest BCUT2D eigenvalue weighted by Gasteiger charge is 2.32. The molecule has 158 valence electrons. The van der Waals surface area contributed by atoms with E-state index in [0.29, 0.717) is 12.1 Å². The average Bonchev–Trinajstić information content (AvgIpc) is 2.73. The molecule has 0 spiro atoms. The number of nitrogens with one attached hydrogen (secondary N) is 1. The molecular weight excluding hydrogens is 395 g/mol. The second-order valence-corrected chi connectivity index (χ2v) is 6.80. The van der Waals surface area contributed by atoms with Gasteiger partial charge in [0.1, 0.15) is 18.1 Å². The lowest BCUT2D eigenvalue weighted by Crippen LogP contribution is -2.22. The third-order valence-electron chi connectivity index (χ3n) is 4.58. The predicted octanol–water partition coefficient (Wildman–Crippen LogP) is 4.81. The molecule has 0 heterocycles. The second-order valence-electron chi connectivity index (χ2n) is 6.80. The number of halogens is 3. The molecule has 0 aliphatic carbocycles. The molecule has 3 N–H and O–H groups in total. The first-order valence-corrected chi connectivity index (χ1v) is 9.38. The molecule has 3 aromatic rings. The highest BCUT2D eigenvalue weighted by Crippen LogP contribution is 2.35. The molecule has 7 heteroatoms. The third kappa shape index (κ3) is 5.75. The summed E-state index contributed by atoms with van der Waals surface area (Å²) in [7, 11) is 0. The molecular formula is C23H22F3NO3. The van der Waals surface area contributed by atoms with Crippen molar-refractivity contribution >= 4 is 0 Å². The van der Waals surface area contributed by atoms with Crippen molar-refractivity contribution in [2.24, 2.45) is 0 Å². The molecule has 0 amide bonds. The largest absolute Gasteiger partial charge is 0.508 e. The lowest BCUT2D eigenvalue weighted by atomic mass is 10.0. The van der Waals surface area contributed by atoms with Crippen molar-refractivity contribution < 1.29 is 28.1 Å². The Hall–Kier alpha value is -3.03. The number of aliphatic hydroxyl groups is 1. The molecule has 0 bridgehead atoms. The maximum absolute atomic E-state index is 13.1. The molecule has 3 aromatic carbocycles. The van der Waals surface area contributed by atoms with E-state index in [1.54, 1.807) is 36.4 Å². The Bertz CT molecular complexity index is 961. The molecule has 3 rings (SSSR count). The van der Waals surface area contributed by atoms with Crippen molar-refractivity contribution in [3.8, 4) is 11.5 Å². The summed E-state index contributed by atoms with van der Waals surface area (Å²) < 4.78 is 45.1. The topological polar surface area (TPSA) is 61.7 Å². The highest BCUT2D eigenvalue weighted by atomic mass is 19.4. The van der Waals surface area contributed by atoms with Gasteiger partial charge in [-0.1, -0.05) is 54.6 Å². The Labute approximate surface area is 172 Å². The summed E-state index contributed by atoms with van der Waals surface area (Å²) in [5, 5.41) is 23.3. The Morgan fingerprint density at radius 2 is 1.63 bits per heavy atom. The van der Waals surface area contributed by atoms with E-state index >= 15 is 0 Å². The van der Waals surface area contributed by atoms with Crippen LogP contribution in [-0.2, 0) is 19.3 Å². The first-order chi connectivity index (χ1) is 14.3. The zero-order valence-corrected chi connectivity index (χ0v) is 16.1. The van der Waals surface area contributed by atoms with Crippen molar-refractivity contribution in [3.63, 3.8) is 0 Å². The quantitative estimate of drug-likeness (QED) is 0.492. The standard InChI is InChI=1S/C23H22F3NO3/c24-23(25,26)18-10-11-19(22(12-18)30-15-16-6-2-1-3-7-16)21(29)14-27-13-17-8-4-5-9-20(17)28/h1-12,21,27-29H,13-15H2. The molecule has 0 aliphatic heterocycles. The van der Waals surface area contributed by atoms with E-state index in [2.05, 4.69) is 5.32 Å². The van der Waals surface area contributed by atoms with Crippen molar-refractivity contribution in [2.45, 2.75) is 25.4 Å². The fourth-order valence-corrected chi connectivity index (χ4v) is 2.96. The van der Waals surface area contributed by atoms with E-state index in [1.807, 2.05) is 18.2 Å². The third-order valence-corrected chi connectivity index (χ3v) is 4.58. The Kier molecular flexibility index (Phi) is 6.97. The molecule has 0 saturated carbocycles. The second kappa shape index (κ2) is 9.65. The first-order valence-electron chi connectivity index (χ1n) is 9.38. The number of hydrogen-bond donors (Lipinski definition) is 3. The van der Waals surface area contributed by atoms with Crippen LogP contribution in [0.2, 0.25) is 0 Å². The number of benzene rings is 3. The molecule has 1 atom stereocenters. The molecule has 1 unspecified atom stereocenters. The maximum atomic E-state index is 13.1. The van der Waals surface area contributed by atoms with Gasteiger partial charge in [-0.05, 0) is 23.8 Å². The maximum Gasteiger partial charge on any atom is 0.416 e. The van der Waals surface area contributed by atoms with Crippen LogP contribution in [0.15, 0.2) is 72.8 Å². The fraction of sp³-hybridized carbons (Fsp3) is 0.217. The minimum atomic E-state index is -4.52. The van der Waals surface area contributed by atoms with Crippen LogP contribution in [0.5, 0.6) is 11.5 Å². The Morgan fingerprint density at radius 3 is 2.33 bits per heavy atom. The van der Waals surface area contributed by atoms with E-state index in [9.17, 15) is 23.4 Å². The smallest absolute Gasteiger partial charge is 0.416 e. The number of aliphatic hydroxyl groups excluding tert-OH is 1. The van der Waals surface area contributed by atoms with Crippen LogP contribution in [0.1, 0.15) is 28.4 Å². The summed E-state index contributed by atoms with van der Waals surface area (Å²) >= 11 is 0. The van der Waals surface area contributed by atoms with Crippen molar-refractivity contribution in [1.29, 1.82) is 0 Å². The number of aromatic hydroxyl groups is 1. The summed E-state index contributed by atoms with van der Waals surface area (Å²) in [6, 6.07) is 18.9. The van der Waals surface area contributed by atoms with Crippen LogP contribution in [-0.4, -0.2) is 16.8 Å². The van der Waals surface area contributed by atoms with E-state index < -0.39 is 17.8 Å². The average molecular weight is 417 g/mol. The van der Waals surface area contributed by atoms with Crippen molar-refractivity contribution in [3.05, 3.63) is 95.1 Å². The Morgan fingerprint density at radius 1 is 0.933 bits per heavy atom. The lowest BCUT2D eigenvalue weighted by molar-refractivity contribution is -0.137. The number of phenols is 1. The van der Waals surface area contributed by atoms with Gasteiger partial charge in [-0.2, -0.15) is 13.2 Å². The number of ether oxygens (including phenoxy) is 1. The first kappa shape index (κ1) is 21.7. The van der Waals surface area contributed by atoms with Gasteiger partial charge in [0.05, 0.1) is 11.7 Å². The molecule has 0 fully saturated rings. The Balaban J connectivity index is 1.73. The summed E-state index contributed by atoms with van der Waals surface area (Å²) in [6.07, 6.45) is -5.61. The number of hydrogen-bond acceptors (Lipinski definition) is 4. The summed E-state index contributed by atoms with van der Waals surface area (Å²) in [4.78, 5) is 0. The van der Waals surface area contributed by atoms with Gasteiger partial charge in [-0.25, -0.2) is 0 Å². The van der Waals surface area contributed by atoms with Gasteiger partial charge in [0.25, 0.3) is 0 Å². The predicted molar refractivity (Wildman–Crippen MR) is 107 cm³/mol. The van der Waals surface area contributed by atoms with E-state index in [0.717, 1.165) is 17.7 Å². The highest BCUT2D eigenvalue weighted by molar-refractivity contribution is 5.40. The zero-order chi connectivity index (χ0) is 21.6. The number of rotatable bonds is 8. The van der Waals surface area contributed by atoms with Gasteiger partial charge < -0.3 is 20.3 Å². The van der Waals surface area contributed by atoms with Crippen LogP contribution in [0.25, 0.3) is 0 Å². The molecule has 0 aromatic heterocycles. The summed E-state index contributed by atoms with van der Waals surface area (Å²) in [5.41, 5.74) is 0.859. The van der Waals surface area contributed by atoms with Gasteiger partial charge in [-0.3, -0.25) is 0 Å². The van der Waals surface area contributed by atoms with E-state index in [4.69, 9.17) is 4.74 Å². The fourth-order valence-electron chi connectivity index (χ4n) is 2.96. The minimum Gasteiger partial charge on any atom is -0.508 e. The minimum absolute atomic E-state index is 0.0227. The van der Waals surface area contributed by atoms with Crippen LogP contribution in [0, 0.1) is 0 Å². The van der Waals surface area contributed by atoms with Crippen LogP contribution >= 0.6 is 0 Å². The van der Waals surface area contributed by atoms with Gasteiger partial charge in [0, 0.05) is 24.2 Å². The van der Waals surface area contributed by atoms with E-state index in [-0.39, 0.29) is 30.2 Å². The van der Waals surface area contributed by atoms with Gasteiger partial charge >= 0.3 is 6.18 Å². The molecule has 0 aliphatic rings. The SMILES string of the molecule is Oc1ccccc1CNCC(O)c1ccc(C(F)(F)F)cc1OCc1ccccc1. The van der Waals surface area contributed by atoms with Crippen LogP contribution in [0.4, 0.5) is 13.2 Å². The summed E-state index contributed by atoms with van der Waals surface area (Å²) in [5.74, 6) is 0.103. The molecule has 0 radical (unpaired) electrons. The molecule has 30 heavy (non-hydrogen) atoms. The monoisotopic (exact) mass is 417 g/mol.